The van der Waals surface area contributed by atoms with E-state index in [4.69, 9.17) is 4.74 Å². The Morgan fingerprint density at radius 3 is 2.71 bits per heavy atom. The molecule has 2 aromatic rings. The minimum atomic E-state index is -3.55. The first-order valence-electron chi connectivity index (χ1n) is 7.82. The van der Waals surface area contributed by atoms with Gasteiger partial charge in [0, 0.05) is 25.3 Å². The van der Waals surface area contributed by atoms with E-state index in [9.17, 15) is 12.8 Å². The zero-order valence-electron chi connectivity index (χ0n) is 13.6. The van der Waals surface area contributed by atoms with Gasteiger partial charge in [0.25, 0.3) is 0 Å². The fourth-order valence-electron chi connectivity index (χ4n) is 2.88. The first-order valence-corrected chi connectivity index (χ1v) is 9.71. The number of ether oxygens (including phenoxy) is 1. The number of para-hydroxylation sites is 1. The minimum Gasteiger partial charge on any atom is -0.488 e. The van der Waals surface area contributed by atoms with Crippen LogP contribution in [-0.2, 0) is 16.3 Å². The number of sulfone groups is 1. The Labute approximate surface area is 141 Å². The highest BCUT2D eigenvalue weighted by Crippen LogP contribution is 2.28. The van der Waals surface area contributed by atoms with Crippen molar-refractivity contribution < 1.29 is 17.5 Å². The number of hydrogen-bond acceptors (Lipinski definition) is 4. The Morgan fingerprint density at radius 1 is 1.29 bits per heavy atom. The Balaban J connectivity index is 1.62. The van der Waals surface area contributed by atoms with Crippen molar-refractivity contribution >= 4 is 9.84 Å². The maximum absolute atomic E-state index is 14.0. The number of halogens is 1. The third-order valence-corrected chi connectivity index (χ3v) is 5.35. The van der Waals surface area contributed by atoms with Crippen molar-refractivity contribution in [2.24, 2.45) is 0 Å². The molecule has 128 valence electrons. The Hall–Kier alpha value is -1.92. The van der Waals surface area contributed by atoms with E-state index in [1.54, 1.807) is 6.07 Å². The van der Waals surface area contributed by atoms with Crippen LogP contribution in [0, 0.1) is 5.82 Å². The number of nitrogens with one attached hydrogen (secondary N) is 1. The molecule has 0 amide bonds. The predicted octanol–water partition coefficient (Wildman–Crippen LogP) is 2.88. The number of rotatable bonds is 5. The molecule has 3 rings (SSSR count). The largest absolute Gasteiger partial charge is 0.488 e. The average molecular weight is 349 g/mol. The van der Waals surface area contributed by atoms with E-state index in [1.807, 2.05) is 25.1 Å². The smallest absolute Gasteiger partial charge is 0.178 e. The second-order valence-electron chi connectivity index (χ2n) is 6.14. The van der Waals surface area contributed by atoms with Crippen molar-refractivity contribution in [3.05, 3.63) is 59.4 Å². The Morgan fingerprint density at radius 2 is 2.04 bits per heavy atom. The molecule has 4 nitrogen and oxygen atoms in total. The van der Waals surface area contributed by atoms with Crippen LogP contribution in [0.3, 0.4) is 0 Å². The van der Waals surface area contributed by atoms with Crippen LogP contribution in [0.25, 0.3) is 0 Å². The Kier molecular flexibility index (Phi) is 4.60. The van der Waals surface area contributed by atoms with Gasteiger partial charge in [-0.1, -0.05) is 24.3 Å². The SMILES string of the molecule is C[C@H](NC[C@@H]1Cc2ccccc2O1)c1ccc(S(C)(=O)=O)c(F)c1. The molecule has 0 bridgehead atoms. The zero-order valence-corrected chi connectivity index (χ0v) is 14.4. The molecule has 2 atom stereocenters. The summed E-state index contributed by atoms with van der Waals surface area (Å²) >= 11 is 0. The van der Waals surface area contributed by atoms with E-state index < -0.39 is 15.7 Å². The molecule has 0 saturated heterocycles. The Bertz CT molecular complexity index is 826. The van der Waals surface area contributed by atoms with Gasteiger partial charge in [0.05, 0.1) is 0 Å². The maximum atomic E-state index is 14.0. The van der Waals surface area contributed by atoms with Crippen molar-refractivity contribution in [2.75, 3.05) is 12.8 Å². The highest BCUT2D eigenvalue weighted by Gasteiger charge is 2.23. The molecule has 0 aromatic heterocycles. The first-order chi connectivity index (χ1) is 11.3. The van der Waals surface area contributed by atoms with E-state index in [1.165, 1.54) is 17.7 Å². The molecule has 0 radical (unpaired) electrons. The van der Waals surface area contributed by atoms with Gasteiger partial charge in [-0.05, 0) is 36.2 Å². The summed E-state index contributed by atoms with van der Waals surface area (Å²) in [5.74, 6) is 0.202. The predicted molar refractivity (Wildman–Crippen MR) is 90.5 cm³/mol. The molecule has 0 spiro atoms. The molecular formula is C18H20FNO3S. The van der Waals surface area contributed by atoms with Crippen LogP contribution < -0.4 is 10.1 Å². The topological polar surface area (TPSA) is 55.4 Å². The van der Waals surface area contributed by atoms with Gasteiger partial charge in [-0.15, -0.1) is 0 Å². The molecule has 0 fully saturated rings. The lowest BCUT2D eigenvalue weighted by Gasteiger charge is -2.18. The summed E-state index contributed by atoms with van der Waals surface area (Å²) in [5.41, 5.74) is 1.90. The van der Waals surface area contributed by atoms with Crippen LogP contribution in [0.15, 0.2) is 47.4 Å². The molecule has 0 aliphatic carbocycles. The molecule has 24 heavy (non-hydrogen) atoms. The molecule has 2 aromatic carbocycles. The van der Waals surface area contributed by atoms with Crippen molar-refractivity contribution in [3.8, 4) is 5.75 Å². The summed E-state index contributed by atoms with van der Waals surface area (Å²) in [4.78, 5) is -0.270. The number of benzene rings is 2. The standard InChI is InChI=1S/C18H20FNO3S/c1-12(13-7-8-18(16(19)10-13)24(2,21)22)20-11-15-9-14-5-3-4-6-17(14)23-15/h3-8,10,12,15,20H,9,11H2,1-2H3/t12-,15-/m0/s1. The zero-order chi connectivity index (χ0) is 17.3. The van der Waals surface area contributed by atoms with Crippen molar-refractivity contribution in [3.63, 3.8) is 0 Å². The average Bonchev–Trinajstić information content (AvgIpc) is 2.94. The van der Waals surface area contributed by atoms with Crippen LogP contribution >= 0.6 is 0 Å². The second kappa shape index (κ2) is 6.53. The third-order valence-electron chi connectivity index (χ3n) is 4.22. The van der Waals surface area contributed by atoms with E-state index in [-0.39, 0.29) is 17.0 Å². The van der Waals surface area contributed by atoms with Gasteiger partial charge in [-0.2, -0.15) is 0 Å². The molecule has 0 saturated carbocycles. The van der Waals surface area contributed by atoms with E-state index >= 15 is 0 Å². The summed E-state index contributed by atoms with van der Waals surface area (Å²) in [6, 6.07) is 12.1. The normalized spacial score (nSPS) is 18.0. The maximum Gasteiger partial charge on any atom is 0.178 e. The summed E-state index contributed by atoms with van der Waals surface area (Å²) in [6.07, 6.45) is 1.89. The molecule has 1 N–H and O–H groups in total. The molecule has 1 aliphatic rings. The van der Waals surface area contributed by atoms with E-state index in [0.29, 0.717) is 12.1 Å². The van der Waals surface area contributed by atoms with Crippen LogP contribution in [0.2, 0.25) is 0 Å². The molecule has 1 heterocycles. The van der Waals surface area contributed by atoms with Gasteiger partial charge >= 0.3 is 0 Å². The molecule has 0 unspecified atom stereocenters. The van der Waals surface area contributed by atoms with Crippen LogP contribution in [-0.4, -0.2) is 27.3 Å². The third kappa shape index (κ3) is 3.60. The van der Waals surface area contributed by atoms with Crippen LogP contribution in [0.4, 0.5) is 4.39 Å². The van der Waals surface area contributed by atoms with Crippen LogP contribution in [0.1, 0.15) is 24.1 Å². The summed E-state index contributed by atoms with van der Waals surface area (Å²) < 4.78 is 42.8. The molecule has 6 heteroatoms. The number of hydrogen-bond donors (Lipinski definition) is 1. The minimum absolute atomic E-state index is 0.0463. The second-order valence-corrected chi connectivity index (χ2v) is 8.13. The highest BCUT2D eigenvalue weighted by atomic mass is 32.2. The highest BCUT2D eigenvalue weighted by molar-refractivity contribution is 7.90. The van der Waals surface area contributed by atoms with Crippen LogP contribution in [0.5, 0.6) is 5.75 Å². The quantitative estimate of drug-likeness (QED) is 0.902. The summed E-state index contributed by atoms with van der Waals surface area (Å²) in [7, 11) is -3.55. The van der Waals surface area contributed by atoms with Gasteiger partial charge in [0.15, 0.2) is 9.84 Å². The van der Waals surface area contributed by atoms with Crippen molar-refractivity contribution in [1.29, 1.82) is 0 Å². The van der Waals surface area contributed by atoms with Crippen molar-refractivity contribution in [1.82, 2.24) is 5.32 Å². The molecular weight excluding hydrogens is 329 g/mol. The molecule has 1 aliphatic heterocycles. The summed E-state index contributed by atoms with van der Waals surface area (Å²) in [6.45, 7) is 2.54. The fourth-order valence-corrected chi connectivity index (χ4v) is 3.61. The van der Waals surface area contributed by atoms with E-state index in [2.05, 4.69) is 11.4 Å². The van der Waals surface area contributed by atoms with Crippen molar-refractivity contribution in [2.45, 2.75) is 30.4 Å². The van der Waals surface area contributed by atoms with Gasteiger partial charge < -0.3 is 10.1 Å². The van der Waals surface area contributed by atoms with Gasteiger partial charge in [-0.3, -0.25) is 0 Å². The summed E-state index contributed by atoms with van der Waals surface area (Å²) in [5, 5.41) is 3.32. The van der Waals surface area contributed by atoms with Gasteiger partial charge in [0.1, 0.15) is 22.6 Å². The van der Waals surface area contributed by atoms with E-state index in [0.717, 1.165) is 18.4 Å². The van der Waals surface area contributed by atoms with Gasteiger partial charge in [0.2, 0.25) is 0 Å². The lowest BCUT2D eigenvalue weighted by Crippen LogP contribution is -2.32. The first kappa shape index (κ1) is 16.9. The number of fused-ring (bicyclic) bond motifs is 1. The lowest BCUT2D eigenvalue weighted by atomic mass is 10.1. The monoisotopic (exact) mass is 349 g/mol. The van der Waals surface area contributed by atoms with Gasteiger partial charge in [-0.25, -0.2) is 12.8 Å². The lowest BCUT2D eigenvalue weighted by molar-refractivity contribution is 0.222. The fraction of sp³-hybridized carbons (Fsp3) is 0.333.